The van der Waals surface area contributed by atoms with Crippen LogP contribution < -0.4 is 0 Å². The van der Waals surface area contributed by atoms with Gasteiger partial charge in [-0.25, -0.2) is 0 Å². The Hall–Kier alpha value is -1.01. The van der Waals surface area contributed by atoms with Crippen molar-refractivity contribution in [2.75, 3.05) is 20.1 Å². The fourth-order valence-electron chi connectivity index (χ4n) is 3.62. The highest BCUT2D eigenvalue weighted by Gasteiger charge is 2.27. The standard InChI is InChI=1S/C14H21N5S/c1-18-8-4-7-11(9-18)13-17-19-12(10-5-2-3-6-10)15-16-14(19)20-13/h10-11H,2-9H2,1H3. The van der Waals surface area contributed by atoms with E-state index >= 15 is 0 Å². The topological polar surface area (TPSA) is 46.3 Å². The van der Waals surface area contributed by atoms with Gasteiger partial charge in [0.05, 0.1) is 0 Å². The van der Waals surface area contributed by atoms with Crippen molar-refractivity contribution in [3.8, 4) is 0 Å². The molecule has 0 bridgehead atoms. The highest BCUT2D eigenvalue weighted by atomic mass is 32.1. The molecule has 0 N–H and O–H groups in total. The minimum atomic E-state index is 0.578. The molecular weight excluding hydrogens is 270 g/mol. The Morgan fingerprint density at radius 2 is 1.85 bits per heavy atom. The van der Waals surface area contributed by atoms with Crippen LogP contribution in [0.5, 0.6) is 0 Å². The van der Waals surface area contributed by atoms with Crippen LogP contribution in [0, 0.1) is 0 Å². The van der Waals surface area contributed by atoms with E-state index in [0.29, 0.717) is 11.8 Å². The van der Waals surface area contributed by atoms with E-state index in [1.54, 1.807) is 11.3 Å². The molecule has 1 saturated heterocycles. The maximum atomic E-state index is 4.86. The number of nitrogens with zero attached hydrogens (tertiary/aromatic N) is 5. The molecule has 108 valence electrons. The van der Waals surface area contributed by atoms with Gasteiger partial charge in [0, 0.05) is 18.4 Å². The average molecular weight is 291 g/mol. The Morgan fingerprint density at radius 3 is 2.65 bits per heavy atom. The fraction of sp³-hybridized carbons (Fsp3) is 0.786. The second-order valence-electron chi connectivity index (χ2n) is 6.28. The van der Waals surface area contributed by atoms with Crippen molar-refractivity contribution in [3.05, 3.63) is 10.8 Å². The van der Waals surface area contributed by atoms with E-state index in [4.69, 9.17) is 5.10 Å². The zero-order valence-corrected chi connectivity index (χ0v) is 12.8. The van der Waals surface area contributed by atoms with Gasteiger partial charge < -0.3 is 4.90 Å². The molecule has 20 heavy (non-hydrogen) atoms. The molecular formula is C14H21N5S. The number of hydrogen-bond donors (Lipinski definition) is 0. The minimum Gasteiger partial charge on any atom is -0.306 e. The van der Waals surface area contributed by atoms with Crippen molar-refractivity contribution >= 4 is 16.3 Å². The second kappa shape index (κ2) is 5.07. The molecule has 2 aromatic heterocycles. The lowest BCUT2D eigenvalue weighted by molar-refractivity contribution is 0.250. The second-order valence-corrected chi connectivity index (χ2v) is 7.26. The lowest BCUT2D eigenvalue weighted by Crippen LogP contribution is -2.30. The van der Waals surface area contributed by atoms with E-state index < -0.39 is 0 Å². The summed E-state index contributed by atoms with van der Waals surface area (Å²) in [5, 5.41) is 14.9. The van der Waals surface area contributed by atoms with Crippen molar-refractivity contribution in [3.63, 3.8) is 0 Å². The first kappa shape index (κ1) is 12.7. The molecule has 0 spiro atoms. The number of rotatable bonds is 2. The third-order valence-corrected chi connectivity index (χ3v) is 5.79. The molecule has 0 aromatic carbocycles. The highest BCUT2D eigenvalue weighted by molar-refractivity contribution is 7.16. The van der Waals surface area contributed by atoms with E-state index in [0.717, 1.165) is 17.3 Å². The normalized spacial score (nSPS) is 25.8. The van der Waals surface area contributed by atoms with Gasteiger partial charge in [-0.05, 0) is 39.3 Å². The summed E-state index contributed by atoms with van der Waals surface area (Å²) in [4.78, 5) is 3.39. The van der Waals surface area contributed by atoms with E-state index in [2.05, 4.69) is 22.1 Å². The van der Waals surface area contributed by atoms with Gasteiger partial charge in [-0.15, -0.1) is 10.2 Å². The van der Waals surface area contributed by atoms with E-state index in [1.807, 2.05) is 4.52 Å². The molecule has 0 amide bonds. The fourth-order valence-corrected chi connectivity index (χ4v) is 4.59. The molecule has 1 saturated carbocycles. The van der Waals surface area contributed by atoms with E-state index in [1.165, 1.54) is 50.1 Å². The predicted molar refractivity (Wildman–Crippen MR) is 79.3 cm³/mol. The zero-order chi connectivity index (χ0) is 13.5. The molecule has 1 aliphatic carbocycles. The summed E-state index contributed by atoms with van der Waals surface area (Å²) < 4.78 is 2.03. The van der Waals surface area contributed by atoms with Gasteiger partial charge in [-0.1, -0.05) is 24.2 Å². The largest absolute Gasteiger partial charge is 0.306 e. The first-order chi connectivity index (χ1) is 9.81. The van der Waals surface area contributed by atoms with Crippen molar-refractivity contribution in [1.29, 1.82) is 0 Å². The smallest absolute Gasteiger partial charge is 0.234 e. The molecule has 1 atom stereocenters. The third kappa shape index (κ3) is 2.15. The molecule has 0 radical (unpaired) electrons. The predicted octanol–water partition coefficient (Wildman–Crippen LogP) is 2.65. The quantitative estimate of drug-likeness (QED) is 0.853. The maximum Gasteiger partial charge on any atom is 0.234 e. The van der Waals surface area contributed by atoms with Crippen LogP contribution in [0.3, 0.4) is 0 Å². The van der Waals surface area contributed by atoms with Crippen LogP contribution in [0.15, 0.2) is 0 Å². The summed E-state index contributed by atoms with van der Waals surface area (Å²) >= 11 is 1.74. The number of hydrogen-bond acceptors (Lipinski definition) is 5. The molecule has 5 nitrogen and oxygen atoms in total. The third-order valence-electron chi connectivity index (χ3n) is 4.72. The van der Waals surface area contributed by atoms with Crippen molar-refractivity contribution in [2.24, 2.45) is 0 Å². The highest BCUT2D eigenvalue weighted by Crippen LogP contribution is 2.35. The lowest BCUT2D eigenvalue weighted by atomic mass is 9.99. The number of likely N-dealkylation sites (N-methyl/N-ethyl adjacent to an activating group) is 1. The van der Waals surface area contributed by atoms with Gasteiger partial charge in [0.15, 0.2) is 5.82 Å². The molecule has 6 heteroatoms. The number of fused-ring (bicyclic) bond motifs is 1. The van der Waals surface area contributed by atoms with Gasteiger partial charge in [-0.2, -0.15) is 9.61 Å². The monoisotopic (exact) mass is 291 g/mol. The number of piperidine rings is 1. The summed E-state index contributed by atoms with van der Waals surface area (Å²) in [6.07, 6.45) is 7.68. The first-order valence-electron chi connectivity index (χ1n) is 7.72. The Labute approximate surface area is 123 Å². The maximum absolute atomic E-state index is 4.86. The molecule has 4 rings (SSSR count). The summed E-state index contributed by atoms with van der Waals surface area (Å²) in [6.45, 7) is 2.34. The molecule has 1 unspecified atom stereocenters. The molecule has 3 heterocycles. The molecule has 1 aliphatic heterocycles. The van der Waals surface area contributed by atoms with Crippen LogP contribution in [0.2, 0.25) is 0 Å². The van der Waals surface area contributed by atoms with E-state index in [9.17, 15) is 0 Å². The molecule has 2 fully saturated rings. The SMILES string of the molecule is CN1CCCC(c2nn3c(C4CCCC4)nnc3s2)C1. The van der Waals surface area contributed by atoms with Crippen LogP contribution in [0.4, 0.5) is 0 Å². The van der Waals surface area contributed by atoms with Crippen LogP contribution >= 0.6 is 11.3 Å². The Balaban J connectivity index is 1.65. The van der Waals surface area contributed by atoms with Crippen molar-refractivity contribution in [1.82, 2.24) is 24.7 Å². The van der Waals surface area contributed by atoms with Gasteiger partial charge >= 0.3 is 0 Å². The Bertz CT molecular complexity index is 598. The van der Waals surface area contributed by atoms with Gasteiger partial charge in [-0.3, -0.25) is 0 Å². The van der Waals surface area contributed by atoms with Crippen LogP contribution in [0.1, 0.15) is 61.2 Å². The lowest BCUT2D eigenvalue weighted by Gasteiger charge is -2.27. The van der Waals surface area contributed by atoms with Crippen LogP contribution in [-0.2, 0) is 0 Å². The minimum absolute atomic E-state index is 0.578. The van der Waals surface area contributed by atoms with Crippen molar-refractivity contribution < 1.29 is 0 Å². The van der Waals surface area contributed by atoms with Crippen molar-refractivity contribution in [2.45, 2.75) is 50.4 Å². The molecule has 2 aromatic rings. The average Bonchev–Trinajstić information content (AvgIpc) is 3.14. The summed E-state index contributed by atoms with van der Waals surface area (Å²) in [5.41, 5.74) is 0. The summed E-state index contributed by atoms with van der Waals surface area (Å²) in [5.74, 6) is 2.26. The first-order valence-corrected chi connectivity index (χ1v) is 8.53. The van der Waals surface area contributed by atoms with Gasteiger partial charge in [0.1, 0.15) is 5.01 Å². The van der Waals surface area contributed by atoms with Crippen LogP contribution in [0.25, 0.3) is 4.96 Å². The van der Waals surface area contributed by atoms with Crippen LogP contribution in [-0.4, -0.2) is 44.8 Å². The molecule has 2 aliphatic rings. The number of aromatic nitrogens is 4. The van der Waals surface area contributed by atoms with E-state index in [-0.39, 0.29) is 0 Å². The number of likely N-dealkylation sites (tertiary alicyclic amines) is 1. The summed E-state index contributed by atoms with van der Waals surface area (Å²) in [6, 6.07) is 0. The Kier molecular flexibility index (Phi) is 3.22. The zero-order valence-electron chi connectivity index (χ0n) is 12.0. The summed E-state index contributed by atoms with van der Waals surface area (Å²) in [7, 11) is 2.20. The Morgan fingerprint density at radius 1 is 1.05 bits per heavy atom. The van der Waals surface area contributed by atoms with Gasteiger partial charge in [0.25, 0.3) is 0 Å². The van der Waals surface area contributed by atoms with Gasteiger partial charge in [0.2, 0.25) is 4.96 Å².